The Labute approximate surface area is 108 Å². The summed E-state index contributed by atoms with van der Waals surface area (Å²) in [5.41, 5.74) is 0. The van der Waals surface area contributed by atoms with Crippen molar-refractivity contribution in [1.82, 2.24) is 10.0 Å². The summed E-state index contributed by atoms with van der Waals surface area (Å²) in [6.07, 6.45) is 1.62. The van der Waals surface area contributed by atoms with Crippen molar-refractivity contribution in [3.8, 4) is 0 Å². The highest BCUT2D eigenvalue weighted by atomic mass is 32.2. The molecule has 6 heteroatoms. The number of sulfonamides is 1. The summed E-state index contributed by atoms with van der Waals surface area (Å²) < 4.78 is 32.5. The van der Waals surface area contributed by atoms with E-state index in [2.05, 4.69) is 10.0 Å². The first-order valence-corrected chi connectivity index (χ1v) is 7.82. The third kappa shape index (κ3) is 3.13. The van der Waals surface area contributed by atoms with Crippen LogP contribution in [0.25, 0.3) is 0 Å². The van der Waals surface area contributed by atoms with Crippen LogP contribution in [0.5, 0.6) is 0 Å². The molecule has 0 saturated carbocycles. The number of hydrogen-bond donors (Lipinski definition) is 2. The minimum atomic E-state index is -3.29. The molecule has 1 aliphatic rings. The first-order chi connectivity index (χ1) is 8.49. The summed E-state index contributed by atoms with van der Waals surface area (Å²) in [5, 5.41) is 2.77. The average molecular weight is 272 g/mol. The SMILES string of the molecule is Cc1ccc(C(C)NS(=O)(=O)C2CCCNC2)o1. The van der Waals surface area contributed by atoms with Gasteiger partial charge in [0.15, 0.2) is 0 Å². The molecule has 0 amide bonds. The van der Waals surface area contributed by atoms with Crippen LogP contribution in [0.1, 0.15) is 37.3 Å². The highest BCUT2D eigenvalue weighted by Crippen LogP contribution is 2.19. The molecule has 2 atom stereocenters. The molecule has 1 aromatic heterocycles. The van der Waals surface area contributed by atoms with Gasteiger partial charge in [0.1, 0.15) is 11.5 Å². The van der Waals surface area contributed by atoms with Gasteiger partial charge in [-0.1, -0.05) is 0 Å². The van der Waals surface area contributed by atoms with Crippen LogP contribution in [0, 0.1) is 6.92 Å². The van der Waals surface area contributed by atoms with Crippen molar-refractivity contribution in [2.24, 2.45) is 0 Å². The molecule has 0 radical (unpaired) electrons. The van der Waals surface area contributed by atoms with Crippen molar-refractivity contribution in [3.63, 3.8) is 0 Å². The molecule has 0 spiro atoms. The smallest absolute Gasteiger partial charge is 0.216 e. The molecular formula is C12H20N2O3S. The second-order valence-electron chi connectivity index (χ2n) is 4.80. The van der Waals surface area contributed by atoms with Gasteiger partial charge in [-0.3, -0.25) is 0 Å². The summed E-state index contributed by atoms with van der Waals surface area (Å²) in [6, 6.07) is 3.31. The largest absolute Gasteiger partial charge is 0.465 e. The van der Waals surface area contributed by atoms with Crippen LogP contribution in [-0.2, 0) is 10.0 Å². The van der Waals surface area contributed by atoms with E-state index >= 15 is 0 Å². The van der Waals surface area contributed by atoms with Crippen LogP contribution in [-0.4, -0.2) is 26.8 Å². The monoisotopic (exact) mass is 272 g/mol. The molecule has 18 heavy (non-hydrogen) atoms. The predicted molar refractivity (Wildman–Crippen MR) is 69.8 cm³/mol. The third-order valence-electron chi connectivity index (χ3n) is 3.22. The highest BCUT2D eigenvalue weighted by molar-refractivity contribution is 7.90. The van der Waals surface area contributed by atoms with Crippen molar-refractivity contribution in [2.75, 3.05) is 13.1 Å². The fraction of sp³-hybridized carbons (Fsp3) is 0.667. The molecule has 2 unspecified atom stereocenters. The Bertz CT molecular complexity index is 489. The molecule has 102 valence electrons. The van der Waals surface area contributed by atoms with Gasteiger partial charge >= 0.3 is 0 Å². The van der Waals surface area contributed by atoms with E-state index in [4.69, 9.17) is 4.42 Å². The maximum Gasteiger partial charge on any atom is 0.216 e. The van der Waals surface area contributed by atoms with Gasteiger partial charge < -0.3 is 9.73 Å². The Hall–Kier alpha value is -0.850. The van der Waals surface area contributed by atoms with E-state index in [1.807, 2.05) is 19.1 Å². The topological polar surface area (TPSA) is 71.3 Å². The second-order valence-corrected chi connectivity index (χ2v) is 6.79. The van der Waals surface area contributed by atoms with Crippen LogP contribution in [0.3, 0.4) is 0 Å². The van der Waals surface area contributed by atoms with E-state index in [-0.39, 0.29) is 11.3 Å². The number of nitrogens with one attached hydrogen (secondary N) is 2. The molecule has 0 aromatic carbocycles. The van der Waals surface area contributed by atoms with Gasteiger partial charge in [-0.15, -0.1) is 0 Å². The van der Waals surface area contributed by atoms with Crippen molar-refractivity contribution in [3.05, 3.63) is 23.7 Å². The van der Waals surface area contributed by atoms with Gasteiger partial charge in [-0.2, -0.15) is 0 Å². The zero-order valence-electron chi connectivity index (χ0n) is 10.8. The molecule has 1 aromatic rings. The van der Waals surface area contributed by atoms with Crippen LogP contribution in [0.2, 0.25) is 0 Å². The van der Waals surface area contributed by atoms with E-state index in [0.717, 1.165) is 18.7 Å². The number of furan rings is 1. The summed E-state index contributed by atoms with van der Waals surface area (Å²) in [5.74, 6) is 1.44. The normalized spacial score (nSPS) is 22.9. The summed E-state index contributed by atoms with van der Waals surface area (Å²) >= 11 is 0. The molecule has 2 rings (SSSR count). The Morgan fingerprint density at radius 1 is 1.50 bits per heavy atom. The van der Waals surface area contributed by atoms with Gasteiger partial charge in [0, 0.05) is 6.54 Å². The Morgan fingerprint density at radius 3 is 2.83 bits per heavy atom. The molecule has 5 nitrogen and oxygen atoms in total. The zero-order chi connectivity index (χ0) is 13.2. The molecule has 2 N–H and O–H groups in total. The van der Waals surface area contributed by atoms with E-state index < -0.39 is 10.0 Å². The molecule has 1 fully saturated rings. The van der Waals surface area contributed by atoms with Crippen LogP contribution in [0.15, 0.2) is 16.5 Å². The summed E-state index contributed by atoms with van der Waals surface area (Å²) in [4.78, 5) is 0. The highest BCUT2D eigenvalue weighted by Gasteiger charge is 2.29. The molecular weight excluding hydrogens is 252 g/mol. The second kappa shape index (κ2) is 5.42. The standard InChI is InChI=1S/C12H20N2O3S/c1-9-5-6-12(17-9)10(2)14-18(15,16)11-4-3-7-13-8-11/h5-6,10-11,13-14H,3-4,7-8H2,1-2H3. The molecule has 0 aliphatic carbocycles. The summed E-state index contributed by atoms with van der Waals surface area (Å²) in [7, 11) is -3.29. The van der Waals surface area contributed by atoms with Gasteiger partial charge in [-0.25, -0.2) is 13.1 Å². The maximum absolute atomic E-state index is 12.2. The summed E-state index contributed by atoms with van der Waals surface area (Å²) in [6.45, 7) is 5.07. The molecule has 0 bridgehead atoms. The van der Waals surface area contributed by atoms with Crippen LogP contribution in [0.4, 0.5) is 0 Å². The maximum atomic E-state index is 12.2. The molecule has 2 heterocycles. The van der Waals surface area contributed by atoms with E-state index in [1.165, 1.54) is 0 Å². The lowest BCUT2D eigenvalue weighted by atomic mass is 10.2. The zero-order valence-corrected chi connectivity index (χ0v) is 11.6. The minimum absolute atomic E-state index is 0.328. The fourth-order valence-electron chi connectivity index (χ4n) is 2.17. The van der Waals surface area contributed by atoms with Crippen molar-refractivity contribution < 1.29 is 12.8 Å². The number of aryl methyl sites for hydroxylation is 1. The Morgan fingerprint density at radius 2 is 2.28 bits per heavy atom. The van der Waals surface area contributed by atoms with Gasteiger partial charge in [0.05, 0.1) is 11.3 Å². The van der Waals surface area contributed by atoms with Gasteiger partial charge in [-0.05, 0) is 45.4 Å². The minimum Gasteiger partial charge on any atom is -0.465 e. The third-order valence-corrected chi connectivity index (χ3v) is 5.18. The first-order valence-electron chi connectivity index (χ1n) is 6.27. The quantitative estimate of drug-likeness (QED) is 0.867. The number of hydrogen-bond acceptors (Lipinski definition) is 4. The number of rotatable bonds is 4. The van der Waals surface area contributed by atoms with Crippen LogP contribution < -0.4 is 10.0 Å². The predicted octanol–water partition coefficient (Wildman–Crippen LogP) is 1.32. The Kier molecular flexibility index (Phi) is 4.09. The number of piperidine rings is 1. The Balaban J connectivity index is 2.03. The van der Waals surface area contributed by atoms with E-state index in [1.54, 1.807) is 6.92 Å². The fourth-order valence-corrected chi connectivity index (χ4v) is 3.79. The lowest BCUT2D eigenvalue weighted by Gasteiger charge is -2.24. The van der Waals surface area contributed by atoms with E-state index in [9.17, 15) is 8.42 Å². The lowest BCUT2D eigenvalue weighted by molar-refractivity contribution is 0.434. The molecule has 1 aliphatic heterocycles. The van der Waals surface area contributed by atoms with Gasteiger partial charge in [0.2, 0.25) is 10.0 Å². The van der Waals surface area contributed by atoms with Gasteiger partial charge in [0.25, 0.3) is 0 Å². The van der Waals surface area contributed by atoms with Crippen molar-refractivity contribution in [2.45, 2.75) is 38.0 Å². The molecule has 1 saturated heterocycles. The van der Waals surface area contributed by atoms with E-state index in [0.29, 0.717) is 18.7 Å². The van der Waals surface area contributed by atoms with Crippen LogP contribution >= 0.6 is 0 Å². The van der Waals surface area contributed by atoms with Crippen molar-refractivity contribution in [1.29, 1.82) is 0 Å². The first kappa shape index (κ1) is 13.6. The van der Waals surface area contributed by atoms with Crippen molar-refractivity contribution >= 4 is 10.0 Å². The average Bonchev–Trinajstić information content (AvgIpc) is 2.77. The lowest BCUT2D eigenvalue weighted by Crippen LogP contribution is -2.44.